The third-order valence-electron chi connectivity index (χ3n) is 5.10. The number of aliphatic imine (C=N–C) groups is 1. The van der Waals surface area contributed by atoms with Crippen molar-refractivity contribution in [2.75, 3.05) is 47.1 Å². The summed E-state index contributed by atoms with van der Waals surface area (Å²) in [6, 6.07) is 4.20. The fraction of sp³-hybridized carbons (Fsp3) is 0.571. The zero-order valence-corrected chi connectivity index (χ0v) is 16.7. The Balaban J connectivity index is 1.69. The summed E-state index contributed by atoms with van der Waals surface area (Å²) in [7, 11) is 3.37. The highest BCUT2D eigenvalue weighted by molar-refractivity contribution is 5.80. The van der Waals surface area contributed by atoms with E-state index in [-0.39, 0.29) is 0 Å². The van der Waals surface area contributed by atoms with Crippen molar-refractivity contribution in [1.29, 1.82) is 0 Å². The molecule has 2 heterocycles. The molecule has 1 N–H and O–H groups in total. The summed E-state index contributed by atoms with van der Waals surface area (Å²) in [5.74, 6) is 2.58. The van der Waals surface area contributed by atoms with Crippen LogP contribution in [-0.4, -0.2) is 57.9 Å². The van der Waals surface area contributed by atoms with Gasteiger partial charge in [0.05, 0.1) is 27.4 Å². The molecule has 6 nitrogen and oxygen atoms in total. The molecule has 1 aromatic rings. The van der Waals surface area contributed by atoms with E-state index in [1.807, 2.05) is 0 Å². The number of hydrogen-bond acceptors (Lipinski definition) is 4. The van der Waals surface area contributed by atoms with Gasteiger partial charge in [-0.05, 0) is 49.4 Å². The Hall–Kier alpha value is -2.21. The van der Waals surface area contributed by atoms with Crippen LogP contribution in [0.25, 0.3) is 0 Å². The van der Waals surface area contributed by atoms with Crippen LogP contribution in [0.3, 0.4) is 0 Å². The van der Waals surface area contributed by atoms with E-state index in [1.165, 1.54) is 16.7 Å². The Bertz CT molecular complexity index is 700. The van der Waals surface area contributed by atoms with Crippen LogP contribution in [0, 0.1) is 0 Å². The minimum Gasteiger partial charge on any atom is -0.493 e. The second-order valence-corrected chi connectivity index (χ2v) is 6.82. The van der Waals surface area contributed by atoms with Gasteiger partial charge in [0.25, 0.3) is 0 Å². The van der Waals surface area contributed by atoms with Crippen molar-refractivity contribution in [3.05, 3.63) is 34.9 Å². The zero-order valence-electron chi connectivity index (χ0n) is 16.7. The number of fused-ring (bicyclic) bond motifs is 1. The molecule has 0 spiro atoms. The van der Waals surface area contributed by atoms with Crippen molar-refractivity contribution in [1.82, 2.24) is 10.2 Å². The number of nitrogens with zero attached hydrogens (tertiary/aromatic N) is 2. The normalized spacial score (nSPS) is 17.2. The van der Waals surface area contributed by atoms with E-state index in [9.17, 15) is 0 Å². The molecule has 0 aromatic heterocycles. The maximum atomic E-state index is 5.47. The van der Waals surface area contributed by atoms with Gasteiger partial charge < -0.3 is 24.4 Å². The summed E-state index contributed by atoms with van der Waals surface area (Å²) >= 11 is 0. The second kappa shape index (κ2) is 9.65. The number of methoxy groups -OCH3 is 2. The molecule has 1 aromatic carbocycles. The first kappa shape index (κ1) is 19.5. The summed E-state index contributed by atoms with van der Waals surface area (Å²) in [5, 5.41) is 3.45. The van der Waals surface area contributed by atoms with Gasteiger partial charge >= 0.3 is 0 Å². The summed E-state index contributed by atoms with van der Waals surface area (Å²) in [6.45, 7) is 7.15. The lowest BCUT2D eigenvalue weighted by atomic mass is 9.99. The molecule has 0 bridgehead atoms. The molecule has 148 valence electrons. The Morgan fingerprint density at radius 1 is 1.19 bits per heavy atom. The fourth-order valence-electron chi connectivity index (χ4n) is 3.59. The standard InChI is InChI=1S/C21H31N3O3/c1-4-22-21(23-9-5-16-7-11-27-12-8-16)24-10-6-17-13-19(25-2)20(26-3)14-18(17)15-24/h7,13-14H,4-6,8-12,15H2,1-3H3,(H,22,23). The maximum Gasteiger partial charge on any atom is 0.194 e. The van der Waals surface area contributed by atoms with Crippen LogP contribution < -0.4 is 14.8 Å². The Morgan fingerprint density at radius 2 is 1.96 bits per heavy atom. The zero-order chi connectivity index (χ0) is 19.1. The van der Waals surface area contributed by atoms with Crippen LogP contribution in [0.4, 0.5) is 0 Å². The van der Waals surface area contributed by atoms with E-state index >= 15 is 0 Å². The quantitative estimate of drug-likeness (QED) is 0.472. The first-order chi connectivity index (χ1) is 13.2. The number of nitrogens with one attached hydrogen (secondary N) is 1. The van der Waals surface area contributed by atoms with Gasteiger partial charge in [-0.1, -0.05) is 11.6 Å². The third kappa shape index (κ3) is 4.95. The van der Waals surface area contributed by atoms with Crippen molar-refractivity contribution < 1.29 is 14.2 Å². The predicted molar refractivity (Wildman–Crippen MR) is 108 cm³/mol. The van der Waals surface area contributed by atoms with Crippen LogP contribution in [-0.2, 0) is 17.7 Å². The van der Waals surface area contributed by atoms with Crippen molar-refractivity contribution in [3.8, 4) is 11.5 Å². The van der Waals surface area contributed by atoms with Gasteiger partial charge in [0.15, 0.2) is 17.5 Å². The molecule has 3 rings (SSSR count). The maximum absolute atomic E-state index is 5.47. The molecule has 0 aliphatic carbocycles. The smallest absolute Gasteiger partial charge is 0.194 e. The summed E-state index contributed by atoms with van der Waals surface area (Å²) < 4.78 is 16.3. The summed E-state index contributed by atoms with van der Waals surface area (Å²) in [5.41, 5.74) is 4.06. The van der Waals surface area contributed by atoms with Gasteiger partial charge in [0, 0.05) is 26.2 Å². The van der Waals surface area contributed by atoms with Crippen LogP contribution in [0.5, 0.6) is 11.5 Å². The van der Waals surface area contributed by atoms with E-state index in [4.69, 9.17) is 19.2 Å². The molecule has 0 saturated carbocycles. The Kier molecular flexibility index (Phi) is 6.98. The highest BCUT2D eigenvalue weighted by Gasteiger charge is 2.21. The molecule has 0 amide bonds. The average Bonchev–Trinajstić information content (AvgIpc) is 2.72. The molecule has 6 heteroatoms. The van der Waals surface area contributed by atoms with Gasteiger partial charge in [-0.15, -0.1) is 0 Å². The van der Waals surface area contributed by atoms with Crippen LogP contribution in [0.2, 0.25) is 0 Å². The van der Waals surface area contributed by atoms with Gasteiger partial charge in [-0.3, -0.25) is 4.99 Å². The monoisotopic (exact) mass is 373 g/mol. The number of benzene rings is 1. The summed E-state index contributed by atoms with van der Waals surface area (Å²) in [4.78, 5) is 7.20. The number of guanidine groups is 1. The molecule has 2 aliphatic heterocycles. The molecule has 2 aliphatic rings. The Labute approximate surface area is 162 Å². The van der Waals surface area contributed by atoms with Gasteiger partial charge in [-0.2, -0.15) is 0 Å². The first-order valence-corrected chi connectivity index (χ1v) is 9.77. The molecule has 0 saturated heterocycles. The van der Waals surface area contributed by atoms with Crippen LogP contribution in [0.1, 0.15) is 30.9 Å². The number of rotatable bonds is 6. The van der Waals surface area contributed by atoms with Crippen molar-refractivity contribution in [2.45, 2.75) is 32.7 Å². The van der Waals surface area contributed by atoms with Crippen molar-refractivity contribution in [3.63, 3.8) is 0 Å². The van der Waals surface area contributed by atoms with Crippen LogP contribution >= 0.6 is 0 Å². The van der Waals surface area contributed by atoms with Crippen molar-refractivity contribution >= 4 is 5.96 Å². The molecular weight excluding hydrogens is 342 g/mol. The molecule has 0 fully saturated rings. The molecule has 0 unspecified atom stereocenters. The van der Waals surface area contributed by atoms with E-state index in [0.29, 0.717) is 0 Å². The lowest BCUT2D eigenvalue weighted by molar-refractivity contribution is 0.153. The van der Waals surface area contributed by atoms with Gasteiger partial charge in [0.1, 0.15) is 0 Å². The Morgan fingerprint density at radius 3 is 2.63 bits per heavy atom. The van der Waals surface area contributed by atoms with Gasteiger partial charge in [0.2, 0.25) is 0 Å². The third-order valence-corrected chi connectivity index (χ3v) is 5.10. The highest BCUT2D eigenvalue weighted by atomic mass is 16.5. The predicted octanol–water partition coefficient (Wildman–Crippen LogP) is 2.76. The topological polar surface area (TPSA) is 55.3 Å². The molecule has 27 heavy (non-hydrogen) atoms. The lowest BCUT2D eigenvalue weighted by Crippen LogP contribution is -2.44. The molecule has 0 radical (unpaired) electrons. The second-order valence-electron chi connectivity index (χ2n) is 6.82. The van der Waals surface area contributed by atoms with E-state index in [2.05, 4.69) is 35.3 Å². The minimum absolute atomic E-state index is 0.743. The van der Waals surface area contributed by atoms with Crippen LogP contribution in [0.15, 0.2) is 28.8 Å². The average molecular weight is 373 g/mol. The first-order valence-electron chi connectivity index (χ1n) is 9.77. The van der Waals surface area contributed by atoms with E-state index in [0.717, 1.165) is 76.1 Å². The summed E-state index contributed by atoms with van der Waals surface area (Å²) in [6.07, 6.45) is 5.21. The van der Waals surface area contributed by atoms with E-state index < -0.39 is 0 Å². The minimum atomic E-state index is 0.743. The lowest BCUT2D eigenvalue weighted by Gasteiger charge is -2.32. The van der Waals surface area contributed by atoms with Gasteiger partial charge in [-0.25, -0.2) is 0 Å². The molecule has 0 atom stereocenters. The molecular formula is C21H31N3O3. The SMILES string of the molecule is CCNC(=NCCC1=CCOCC1)N1CCc2cc(OC)c(OC)cc2C1. The largest absolute Gasteiger partial charge is 0.493 e. The fourth-order valence-corrected chi connectivity index (χ4v) is 3.59. The van der Waals surface area contributed by atoms with E-state index in [1.54, 1.807) is 14.2 Å². The van der Waals surface area contributed by atoms with Crippen molar-refractivity contribution in [2.24, 2.45) is 4.99 Å². The number of ether oxygens (including phenoxy) is 3. The number of hydrogen-bond donors (Lipinski definition) is 1. The highest BCUT2D eigenvalue weighted by Crippen LogP contribution is 2.33.